The third-order valence-electron chi connectivity index (χ3n) is 6.22. The smallest absolute Gasteiger partial charge is 0.337 e. The molecule has 9 nitrogen and oxygen atoms in total. The van der Waals surface area contributed by atoms with E-state index in [1.165, 1.54) is 21.1 Å². The number of halogens is 1. The molecule has 1 fully saturated rings. The van der Waals surface area contributed by atoms with Crippen LogP contribution in [0.25, 0.3) is 0 Å². The predicted octanol–water partition coefficient (Wildman–Crippen LogP) is 5.77. The Balaban J connectivity index is 1.48. The molecule has 0 bridgehead atoms. The Morgan fingerprint density at radius 2 is 1.72 bits per heavy atom. The van der Waals surface area contributed by atoms with Gasteiger partial charge < -0.3 is 24.4 Å². The summed E-state index contributed by atoms with van der Waals surface area (Å²) in [7, 11) is 2.85. The minimum Gasteiger partial charge on any atom is -0.494 e. The molecule has 3 amide bonds. The van der Waals surface area contributed by atoms with Gasteiger partial charge in [0, 0.05) is 24.7 Å². The predicted molar refractivity (Wildman–Crippen MR) is 150 cm³/mol. The second-order valence-corrected chi connectivity index (χ2v) is 9.31. The molecule has 3 aromatic rings. The van der Waals surface area contributed by atoms with Crippen LogP contribution < -0.4 is 24.6 Å². The number of hydrogen-bond donors (Lipinski definition) is 1. The third-order valence-corrected chi connectivity index (χ3v) is 6.55. The number of ether oxygens (including phenoxy) is 3. The molecule has 0 radical (unpaired) electrons. The number of carbonyl (C=O) groups is 3. The average molecular weight is 552 g/mol. The van der Waals surface area contributed by atoms with E-state index in [0.29, 0.717) is 39.1 Å². The maximum absolute atomic E-state index is 13.3. The number of benzene rings is 3. The van der Waals surface area contributed by atoms with E-state index in [2.05, 4.69) is 5.32 Å². The topological polar surface area (TPSA) is 97.4 Å². The first-order valence-electron chi connectivity index (χ1n) is 12.4. The summed E-state index contributed by atoms with van der Waals surface area (Å²) in [5, 5.41) is 3.33. The number of amides is 3. The number of anilines is 3. The van der Waals surface area contributed by atoms with Crippen molar-refractivity contribution in [2.24, 2.45) is 0 Å². The van der Waals surface area contributed by atoms with E-state index in [1.807, 2.05) is 0 Å². The fourth-order valence-electron chi connectivity index (χ4n) is 4.10. The number of urea groups is 1. The number of nitrogens with one attached hydrogen (secondary N) is 1. The summed E-state index contributed by atoms with van der Waals surface area (Å²) in [6.45, 7) is 1.96. The van der Waals surface area contributed by atoms with Crippen LogP contribution in [0.15, 0.2) is 66.7 Å². The van der Waals surface area contributed by atoms with Crippen molar-refractivity contribution in [1.82, 2.24) is 0 Å². The number of nitrogens with zero attached hydrogens (tertiary/aromatic N) is 2. The SMILES string of the molecule is COC(=O)c1ccc(OCCN(C(C)=O)c2ccc(N(C(=O)Nc3ccccc3Cl)C3CC3)c(OC)c2)cc1. The highest BCUT2D eigenvalue weighted by atomic mass is 35.5. The van der Waals surface area contributed by atoms with Gasteiger partial charge in [-0.1, -0.05) is 23.7 Å². The highest BCUT2D eigenvalue weighted by Gasteiger charge is 2.36. The summed E-state index contributed by atoms with van der Waals surface area (Å²) in [6, 6.07) is 18.6. The largest absolute Gasteiger partial charge is 0.494 e. The van der Waals surface area contributed by atoms with E-state index >= 15 is 0 Å². The van der Waals surface area contributed by atoms with Crippen molar-refractivity contribution in [3.8, 4) is 11.5 Å². The van der Waals surface area contributed by atoms with Gasteiger partial charge in [0.15, 0.2) is 0 Å². The van der Waals surface area contributed by atoms with Crippen LogP contribution in [0, 0.1) is 0 Å². The standard InChI is InChI=1S/C29H30ClN3O6/c1-19(34)32(16-17-39-23-13-8-20(9-14-23)28(35)38-3)22-12-15-26(27(18-22)37-2)33(21-10-11-21)29(36)31-25-7-5-4-6-24(25)30/h4-9,12-15,18,21H,10-11,16-17H2,1-3H3,(H,31,36). The molecule has 10 heteroatoms. The van der Waals surface area contributed by atoms with Crippen LogP contribution in [-0.2, 0) is 9.53 Å². The number of carbonyl (C=O) groups excluding carboxylic acids is 3. The van der Waals surface area contributed by atoms with E-state index in [9.17, 15) is 14.4 Å². The van der Waals surface area contributed by atoms with Gasteiger partial charge in [0.2, 0.25) is 5.91 Å². The molecule has 0 unspecified atom stereocenters. The van der Waals surface area contributed by atoms with Gasteiger partial charge in [0.25, 0.3) is 0 Å². The Labute approximate surface area is 232 Å². The molecule has 0 saturated heterocycles. The fourth-order valence-corrected chi connectivity index (χ4v) is 4.29. The number of rotatable bonds is 10. The van der Waals surface area contributed by atoms with Crippen molar-refractivity contribution in [2.75, 3.05) is 42.5 Å². The van der Waals surface area contributed by atoms with Crippen molar-refractivity contribution in [3.63, 3.8) is 0 Å². The van der Waals surface area contributed by atoms with Crippen molar-refractivity contribution < 1.29 is 28.6 Å². The Bertz CT molecular complexity index is 1340. The molecule has 1 saturated carbocycles. The molecule has 204 valence electrons. The highest BCUT2D eigenvalue weighted by Crippen LogP contribution is 2.40. The number of para-hydroxylation sites is 1. The summed E-state index contributed by atoms with van der Waals surface area (Å²) < 4.78 is 16.1. The van der Waals surface area contributed by atoms with Crippen molar-refractivity contribution >= 4 is 46.6 Å². The summed E-state index contributed by atoms with van der Waals surface area (Å²) in [6.07, 6.45) is 1.75. The van der Waals surface area contributed by atoms with E-state index in [4.69, 9.17) is 25.8 Å². The summed E-state index contributed by atoms with van der Waals surface area (Å²) in [5.41, 5.74) is 2.14. The van der Waals surface area contributed by atoms with Crippen LogP contribution in [0.2, 0.25) is 5.02 Å². The third kappa shape index (κ3) is 6.80. The quantitative estimate of drug-likeness (QED) is 0.321. The van der Waals surface area contributed by atoms with Gasteiger partial charge in [-0.05, 0) is 61.4 Å². The molecular weight excluding hydrogens is 522 g/mol. The normalized spacial score (nSPS) is 12.3. The van der Waals surface area contributed by atoms with Crippen LogP contribution in [0.1, 0.15) is 30.1 Å². The van der Waals surface area contributed by atoms with Crippen molar-refractivity contribution in [2.45, 2.75) is 25.8 Å². The maximum Gasteiger partial charge on any atom is 0.337 e. The van der Waals surface area contributed by atoms with E-state index in [1.54, 1.807) is 76.5 Å². The molecule has 0 spiro atoms. The van der Waals surface area contributed by atoms with Gasteiger partial charge in [-0.3, -0.25) is 9.69 Å². The van der Waals surface area contributed by atoms with Gasteiger partial charge >= 0.3 is 12.0 Å². The molecule has 1 N–H and O–H groups in total. The second-order valence-electron chi connectivity index (χ2n) is 8.90. The zero-order chi connectivity index (χ0) is 27.9. The second kappa shape index (κ2) is 12.5. The molecule has 0 aliphatic heterocycles. The first kappa shape index (κ1) is 27.8. The highest BCUT2D eigenvalue weighted by molar-refractivity contribution is 6.33. The Morgan fingerprint density at radius 1 is 1.00 bits per heavy atom. The lowest BCUT2D eigenvalue weighted by Crippen LogP contribution is -2.37. The van der Waals surface area contributed by atoms with E-state index < -0.39 is 5.97 Å². The summed E-state index contributed by atoms with van der Waals surface area (Å²) >= 11 is 6.24. The van der Waals surface area contributed by atoms with Crippen LogP contribution in [-0.4, -0.2) is 51.3 Å². The fraction of sp³-hybridized carbons (Fsp3) is 0.276. The van der Waals surface area contributed by atoms with Gasteiger partial charge in [-0.2, -0.15) is 0 Å². The summed E-state index contributed by atoms with van der Waals surface area (Å²) in [5.74, 6) is 0.413. The Kier molecular flexibility index (Phi) is 8.93. The molecule has 1 aliphatic carbocycles. The monoisotopic (exact) mass is 551 g/mol. The lowest BCUT2D eigenvalue weighted by molar-refractivity contribution is -0.116. The molecule has 0 aromatic heterocycles. The van der Waals surface area contributed by atoms with Gasteiger partial charge in [0.1, 0.15) is 18.1 Å². The Hall–Kier alpha value is -4.24. The first-order valence-corrected chi connectivity index (χ1v) is 12.8. The van der Waals surface area contributed by atoms with Gasteiger partial charge in [-0.15, -0.1) is 0 Å². The molecule has 0 heterocycles. The van der Waals surface area contributed by atoms with E-state index in [0.717, 1.165) is 12.8 Å². The first-order chi connectivity index (χ1) is 18.8. The molecule has 0 atom stereocenters. The van der Waals surface area contributed by atoms with Crippen LogP contribution in [0.3, 0.4) is 0 Å². The zero-order valence-corrected chi connectivity index (χ0v) is 22.7. The molecular formula is C29H30ClN3O6. The summed E-state index contributed by atoms with van der Waals surface area (Å²) in [4.78, 5) is 40.6. The van der Waals surface area contributed by atoms with Crippen molar-refractivity contribution in [1.29, 1.82) is 0 Å². The molecule has 1 aliphatic rings. The van der Waals surface area contributed by atoms with E-state index in [-0.39, 0.29) is 31.1 Å². The molecule has 3 aromatic carbocycles. The average Bonchev–Trinajstić information content (AvgIpc) is 3.77. The van der Waals surface area contributed by atoms with Gasteiger partial charge in [0.05, 0.1) is 42.7 Å². The minimum absolute atomic E-state index is 0.0371. The Morgan fingerprint density at radius 3 is 2.33 bits per heavy atom. The van der Waals surface area contributed by atoms with Crippen LogP contribution in [0.5, 0.6) is 11.5 Å². The molecule has 39 heavy (non-hydrogen) atoms. The maximum atomic E-state index is 13.3. The number of methoxy groups -OCH3 is 2. The van der Waals surface area contributed by atoms with Gasteiger partial charge in [-0.25, -0.2) is 9.59 Å². The number of hydrogen-bond acceptors (Lipinski definition) is 6. The van der Waals surface area contributed by atoms with Crippen molar-refractivity contribution in [3.05, 3.63) is 77.3 Å². The minimum atomic E-state index is -0.428. The lowest BCUT2D eigenvalue weighted by atomic mass is 10.2. The van der Waals surface area contributed by atoms with Crippen LogP contribution in [0.4, 0.5) is 21.9 Å². The zero-order valence-electron chi connectivity index (χ0n) is 22.0. The lowest BCUT2D eigenvalue weighted by Gasteiger charge is -2.27. The van der Waals surface area contributed by atoms with Crippen LogP contribution >= 0.6 is 11.6 Å². The molecule has 4 rings (SSSR count). The number of esters is 1.